The number of aliphatic imine (C=N–C) groups is 1. The number of nitrogens with one attached hydrogen (secondary N) is 1. The van der Waals surface area contributed by atoms with Crippen LogP contribution < -0.4 is 15.8 Å². The van der Waals surface area contributed by atoms with Gasteiger partial charge < -0.3 is 15.8 Å². The van der Waals surface area contributed by atoms with Crippen LogP contribution in [0.25, 0.3) is 0 Å². The highest BCUT2D eigenvalue weighted by Crippen LogP contribution is 2.23. The van der Waals surface area contributed by atoms with Crippen molar-refractivity contribution in [3.8, 4) is 5.75 Å². The Morgan fingerprint density at radius 1 is 1.08 bits per heavy atom. The maximum atomic E-state index is 5.96. The number of nitrogens with zero attached hydrogens (tertiary/aromatic N) is 1. The summed E-state index contributed by atoms with van der Waals surface area (Å²) in [5, 5.41) is 3.18. The molecule has 3 N–H and O–H groups in total. The van der Waals surface area contributed by atoms with E-state index in [1.807, 2.05) is 12.1 Å². The molecule has 0 aromatic heterocycles. The third-order valence-electron chi connectivity index (χ3n) is 4.47. The van der Waals surface area contributed by atoms with E-state index in [2.05, 4.69) is 40.6 Å². The molecule has 126 valence electrons. The summed E-state index contributed by atoms with van der Waals surface area (Å²) in [5.41, 5.74) is 11.4. The summed E-state index contributed by atoms with van der Waals surface area (Å²) in [6.07, 6.45) is 4.59. The molecule has 0 radical (unpaired) electrons. The van der Waals surface area contributed by atoms with Crippen molar-refractivity contribution >= 4 is 5.96 Å². The molecule has 0 saturated heterocycles. The molecule has 24 heavy (non-hydrogen) atoms. The van der Waals surface area contributed by atoms with Crippen molar-refractivity contribution < 1.29 is 4.74 Å². The second-order valence-electron chi connectivity index (χ2n) is 6.18. The van der Waals surface area contributed by atoms with Crippen molar-refractivity contribution in [3.63, 3.8) is 0 Å². The molecular weight excluding hydrogens is 298 g/mol. The zero-order valence-electron chi connectivity index (χ0n) is 14.2. The second-order valence-corrected chi connectivity index (χ2v) is 6.18. The van der Waals surface area contributed by atoms with Crippen LogP contribution in [0.1, 0.15) is 28.7 Å². The standard InChI is InChI=1S/C20H25N3O/c1-24-19-9-6-15(7-10-19)11-12-22-20(21)23-14-16-5-8-17-3-2-4-18(17)13-16/h5-10,13H,2-4,11-12,14H2,1H3,(H3,21,22,23). The maximum absolute atomic E-state index is 5.96. The monoisotopic (exact) mass is 323 g/mol. The van der Waals surface area contributed by atoms with Gasteiger partial charge in [0.25, 0.3) is 0 Å². The van der Waals surface area contributed by atoms with Gasteiger partial charge >= 0.3 is 0 Å². The van der Waals surface area contributed by atoms with E-state index < -0.39 is 0 Å². The normalized spacial score (nSPS) is 13.6. The highest BCUT2D eigenvalue weighted by atomic mass is 16.5. The number of hydrogen-bond donors (Lipinski definition) is 2. The molecule has 3 rings (SSSR count). The number of hydrogen-bond acceptors (Lipinski definition) is 2. The lowest BCUT2D eigenvalue weighted by Crippen LogP contribution is -2.33. The minimum Gasteiger partial charge on any atom is -0.497 e. The summed E-state index contributed by atoms with van der Waals surface area (Å²) in [6, 6.07) is 14.8. The van der Waals surface area contributed by atoms with Gasteiger partial charge in [-0.15, -0.1) is 0 Å². The van der Waals surface area contributed by atoms with E-state index in [1.165, 1.54) is 41.5 Å². The molecule has 0 fully saturated rings. The van der Waals surface area contributed by atoms with Gasteiger partial charge in [0.2, 0.25) is 0 Å². The van der Waals surface area contributed by atoms with E-state index in [9.17, 15) is 0 Å². The average molecular weight is 323 g/mol. The van der Waals surface area contributed by atoms with Gasteiger partial charge in [-0.05, 0) is 60.1 Å². The second kappa shape index (κ2) is 7.86. The maximum Gasteiger partial charge on any atom is 0.188 e. The Hall–Kier alpha value is -2.49. The Bertz CT molecular complexity index is 707. The fraction of sp³-hybridized carbons (Fsp3) is 0.350. The molecule has 0 amide bonds. The first-order valence-corrected chi connectivity index (χ1v) is 8.52. The molecule has 0 aliphatic heterocycles. The van der Waals surface area contributed by atoms with Gasteiger partial charge in [0.15, 0.2) is 5.96 Å². The molecule has 0 heterocycles. The van der Waals surface area contributed by atoms with Gasteiger partial charge in [0.1, 0.15) is 5.75 Å². The van der Waals surface area contributed by atoms with Crippen LogP contribution in [0.4, 0.5) is 0 Å². The van der Waals surface area contributed by atoms with Crippen molar-refractivity contribution in [1.82, 2.24) is 5.32 Å². The lowest BCUT2D eigenvalue weighted by Gasteiger charge is -2.07. The minimum absolute atomic E-state index is 0.504. The Morgan fingerprint density at radius 2 is 1.83 bits per heavy atom. The molecule has 4 nitrogen and oxygen atoms in total. The van der Waals surface area contributed by atoms with Crippen molar-refractivity contribution in [2.24, 2.45) is 10.7 Å². The minimum atomic E-state index is 0.504. The van der Waals surface area contributed by atoms with Crippen molar-refractivity contribution in [2.45, 2.75) is 32.2 Å². The van der Waals surface area contributed by atoms with E-state index in [0.717, 1.165) is 18.7 Å². The zero-order chi connectivity index (χ0) is 16.8. The van der Waals surface area contributed by atoms with Crippen LogP contribution in [0.5, 0.6) is 5.75 Å². The number of nitrogens with two attached hydrogens (primary N) is 1. The van der Waals surface area contributed by atoms with E-state index in [4.69, 9.17) is 10.5 Å². The first kappa shape index (κ1) is 16.4. The molecule has 0 unspecified atom stereocenters. The number of guanidine groups is 1. The van der Waals surface area contributed by atoms with E-state index in [0.29, 0.717) is 12.5 Å². The lowest BCUT2D eigenvalue weighted by molar-refractivity contribution is 0.414. The van der Waals surface area contributed by atoms with Gasteiger partial charge in [0.05, 0.1) is 13.7 Å². The van der Waals surface area contributed by atoms with E-state index in [1.54, 1.807) is 7.11 Å². The predicted molar refractivity (Wildman–Crippen MR) is 98.5 cm³/mol. The summed E-state index contributed by atoms with van der Waals surface area (Å²) in [6.45, 7) is 1.40. The molecule has 1 aliphatic rings. The summed E-state index contributed by atoms with van der Waals surface area (Å²) in [4.78, 5) is 4.44. The van der Waals surface area contributed by atoms with Gasteiger partial charge in [-0.1, -0.05) is 30.3 Å². The summed E-state index contributed by atoms with van der Waals surface area (Å²) in [5.74, 6) is 1.38. The first-order valence-electron chi connectivity index (χ1n) is 8.52. The summed E-state index contributed by atoms with van der Waals surface area (Å²) >= 11 is 0. The lowest BCUT2D eigenvalue weighted by atomic mass is 10.1. The highest BCUT2D eigenvalue weighted by molar-refractivity contribution is 5.77. The number of benzene rings is 2. The Kier molecular flexibility index (Phi) is 5.36. The number of rotatable bonds is 6. The molecule has 0 saturated carbocycles. The summed E-state index contributed by atoms with van der Waals surface area (Å²) in [7, 11) is 1.68. The molecule has 0 bridgehead atoms. The molecule has 1 aliphatic carbocycles. The van der Waals surface area contributed by atoms with Crippen LogP contribution in [-0.4, -0.2) is 19.6 Å². The predicted octanol–water partition coefficient (Wildman–Crippen LogP) is 2.83. The Labute approximate surface area is 143 Å². The largest absolute Gasteiger partial charge is 0.497 e. The van der Waals surface area contributed by atoms with Crippen LogP contribution in [0.3, 0.4) is 0 Å². The molecule has 2 aromatic rings. The molecule has 4 heteroatoms. The van der Waals surface area contributed by atoms with Crippen LogP contribution in [0.2, 0.25) is 0 Å². The number of methoxy groups -OCH3 is 1. The van der Waals surface area contributed by atoms with E-state index in [-0.39, 0.29) is 0 Å². The fourth-order valence-corrected chi connectivity index (χ4v) is 3.08. The SMILES string of the molecule is COc1ccc(CCNC(N)=NCc2ccc3c(c2)CCC3)cc1. The number of fused-ring (bicyclic) bond motifs is 1. The smallest absolute Gasteiger partial charge is 0.188 e. The van der Waals surface area contributed by atoms with Crippen molar-refractivity contribution in [1.29, 1.82) is 0 Å². The molecule has 0 spiro atoms. The number of ether oxygens (including phenoxy) is 1. The van der Waals surface area contributed by atoms with Crippen LogP contribution in [-0.2, 0) is 25.8 Å². The molecule has 0 atom stereocenters. The number of aryl methyl sites for hydroxylation is 2. The Morgan fingerprint density at radius 3 is 2.62 bits per heavy atom. The topological polar surface area (TPSA) is 59.6 Å². The first-order chi connectivity index (χ1) is 11.7. The third kappa shape index (κ3) is 4.28. The quantitative estimate of drug-likeness (QED) is 0.635. The summed E-state index contributed by atoms with van der Waals surface area (Å²) < 4.78 is 5.16. The average Bonchev–Trinajstić information content (AvgIpc) is 3.08. The van der Waals surface area contributed by atoms with Gasteiger partial charge in [-0.3, -0.25) is 0 Å². The Balaban J connectivity index is 1.45. The molecule has 2 aromatic carbocycles. The van der Waals surface area contributed by atoms with Crippen LogP contribution in [0.15, 0.2) is 47.5 Å². The zero-order valence-corrected chi connectivity index (χ0v) is 14.2. The van der Waals surface area contributed by atoms with Crippen LogP contribution in [0, 0.1) is 0 Å². The van der Waals surface area contributed by atoms with E-state index >= 15 is 0 Å². The molecular formula is C20H25N3O. The van der Waals surface area contributed by atoms with Gasteiger partial charge in [0, 0.05) is 6.54 Å². The van der Waals surface area contributed by atoms with Gasteiger partial charge in [-0.2, -0.15) is 0 Å². The van der Waals surface area contributed by atoms with Crippen molar-refractivity contribution in [2.75, 3.05) is 13.7 Å². The fourth-order valence-electron chi connectivity index (χ4n) is 3.08. The highest BCUT2D eigenvalue weighted by Gasteiger charge is 2.10. The van der Waals surface area contributed by atoms with Gasteiger partial charge in [-0.25, -0.2) is 4.99 Å². The van der Waals surface area contributed by atoms with Crippen molar-refractivity contribution in [3.05, 3.63) is 64.7 Å². The van der Waals surface area contributed by atoms with Crippen LogP contribution >= 0.6 is 0 Å². The third-order valence-corrected chi connectivity index (χ3v) is 4.47.